The van der Waals surface area contributed by atoms with E-state index >= 15 is 0 Å². The van der Waals surface area contributed by atoms with Crippen LogP contribution < -0.4 is 0 Å². The Kier molecular flexibility index (Phi) is 4.80. The first kappa shape index (κ1) is 9.55. The molecule has 0 bridgehead atoms. The molecule has 0 atom stereocenters. The maximum absolute atomic E-state index is 8.54. The predicted molar refractivity (Wildman–Crippen MR) is 52.1 cm³/mol. The topological polar surface area (TPSA) is 33.1 Å². The van der Waals surface area contributed by atoms with E-state index in [9.17, 15) is 0 Å². The van der Waals surface area contributed by atoms with Gasteiger partial charge < -0.3 is 5.11 Å². The molecule has 0 unspecified atom stereocenters. The zero-order valence-electron chi connectivity index (χ0n) is 6.94. The molecule has 0 saturated heterocycles. The summed E-state index contributed by atoms with van der Waals surface area (Å²) in [6.07, 6.45) is 4.50. The molecule has 1 rings (SSSR count). The highest BCUT2D eigenvalue weighted by atomic mass is 32.2. The SMILES string of the molecule is OCCCSCc1ccncc1. The van der Waals surface area contributed by atoms with E-state index in [1.807, 2.05) is 36.3 Å². The van der Waals surface area contributed by atoms with Crippen LogP contribution in [0.25, 0.3) is 0 Å². The summed E-state index contributed by atoms with van der Waals surface area (Å²) in [5, 5.41) is 8.54. The van der Waals surface area contributed by atoms with Gasteiger partial charge in [-0.05, 0) is 29.9 Å². The van der Waals surface area contributed by atoms with Gasteiger partial charge in [0.05, 0.1) is 0 Å². The van der Waals surface area contributed by atoms with Crippen LogP contribution in [0.15, 0.2) is 24.5 Å². The van der Waals surface area contributed by atoms with Crippen molar-refractivity contribution in [2.24, 2.45) is 0 Å². The van der Waals surface area contributed by atoms with Crippen molar-refractivity contribution in [2.45, 2.75) is 12.2 Å². The van der Waals surface area contributed by atoms with Crippen molar-refractivity contribution in [2.75, 3.05) is 12.4 Å². The summed E-state index contributed by atoms with van der Waals surface area (Å²) in [6, 6.07) is 4.04. The molecule has 1 heterocycles. The molecule has 0 aliphatic carbocycles. The third-order valence-corrected chi connectivity index (χ3v) is 2.58. The summed E-state index contributed by atoms with van der Waals surface area (Å²) < 4.78 is 0. The highest BCUT2D eigenvalue weighted by Crippen LogP contribution is 2.11. The third kappa shape index (κ3) is 3.74. The highest BCUT2D eigenvalue weighted by molar-refractivity contribution is 7.98. The van der Waals surface area contributed by atoms with Crippen LogP contribution in [0.2, 0.25) is 0 Å². The number of nitrogens with zero attached hydrogens (tertiary/aromatic N) is 1. The lowest BCUT2D eigenvalue weighted by Gasteiger charge is -1.99. The van der Waals surface area contributed by atoms with Crippen LogP contribution in [0.4, 0.5) is 0 Å². The lowest BCUT2D eigenvalue weighted by molar-refractivity contribution is 0.296. The standard InChI is InChI=1S/C9H13NOS/c11-6-1-7-12-8-9-2-4-10-5-3-9/h2-5,11H,1,6-8H2. The molecule has 3 heteroatoms. The Bertz CT molecular complexity index is 203. The molecule has 1 N–H and O–H groups in total. The Hall–Kier alpha value is -0.540. The van der Waals surface area contributed by atoms with Gasteiger partial charge in [-0.2, -0.15) is 11.8 Å². The maximum atomic E-state index is 8.54. The van der Waals surface area contributed by atoms with E-state index in [1.165, 1.54) is 5.56 Å². The van der Waals surface area contributed by atoms with Crippen molar-refractivity contribution in [3.63, 3.8) is 0 Å². The summed E-state index contributed by atoms with van der Waals surface area (Å²) in [4.78, 5) is 3.94. The number of aliphatic hydroxyl groups is 1. The second kappa shape index (κ2) is 6.03. The third-order valence-electron chi connectivity index (χ3n) is 1.46. The molecule has 66 valence electrons. The lowest BCUT2D eigenvalue weighted by Crippen LogP contribution is -1.87. The molecule has 0 aromatic carbocycles. The van der Waals surface area contributed by atoms with Gasteiger partial charge in [-0.1, -0.05) is 0 Å². The van der Waals surface area contributed by atoms with Crippen molar-refractivity contribution < 1.29 is 5.11 Å². The fourth-order valence-corrected chi connectivity index (χ4v) is 1.74. The normalized spacial score (nSPS) is 10.1. The average molecular weight is 183 g/mol. The van der Waals surface area contributed by atoms with Crippen LogP contribution in [0.1, 0.15) is 12.0 Å². The average Bonchev–Trinajstić information content (AvgIpc) is 2.14. The van der Waals surface area contributed by atoms with Gasteiger partial charge in [0.1, 0.15) is 0 Å². The Morgan fingerprint density at radius 2 is 2.08 bits per heavy atom. The first-order valence-corrected chi connectivity index (χ1v) is 5.16. The fourth-order valence-electron chi connectivity index (χ4n) is 0.836. The molecule has 0 amide bonds. The summed E-state index contributed by atoms with van der Waals surface area (Å²) in [5.41, 5.74) is 1.30. The summed E-state index contributed by atoms with van der Waals surface area (Å²) in [7, 11) is 0. The second-order valence-electron chi connectivity index (χ2n) is 2.49. The van der Waals surface area contributed by atoms with Gasteiger partial charge in [0.2, 0.25) is 0 Å². The highest BCUT2D eigenvalue weighted by Gasteiger charge is 1.91. The molecule has 0 spiro atoms. The first-order chi connectivity index (χ1) is 5.93. The molecule has 2 nitrogen and oxygen atoms in total. The molecule has 1 aromatic heterocycles. The van der Waals surface area contributed by atoms with Crippen molar-refractivity contribution >= 4 is 11.8 Å². The zero-order valence-corrected chi connectivity index (χ0v) is 7.76. The molecule has 0 aliphatic rings. The molecule has 0 fully saturated rings. The number of thioether (sulfide) groups is 1. The van der Waals surface area contributed by atoms with Crippen LogP contribution >= 0.6 is 11.8 Å². The Morgan fingerprint density at radius 1 is 1.33 bits per heavy atom. The number of hydrogen-bond acceptors (Lipinski definition) is 3. The minimum Gasteiger partial charge on any atom is -0.396 e. The zero-order chi connectivity index (χ0) is 8.65. The van der Waals surface area contributed by atoms with Gasteiger partial charge in [-0.15, -0.1) is 0 Å². The quantitative estimate of drug-likeness (QED) is 0.705. The van der Waals surface area contributed by atoms with E-state index in [0.29, 0.717) is 6.61 Å². The monoisotopic (exact) mass is 183 g/mol. The molecular weight excluding hydrogens is 170 g/mol. The van der Waals surface area contributed by atoms with Gasteiger partial charge >= 0.3 is 0 Å². The van der Waals surface area contributed by atoms with Crippen LogP contribution in [-0.4, -0.2) is 22.5 Å². The lowest BCUT2D eigenvalue weighted by atomic mass is 10.3. The number of aromatic nitrogens is 1. The van der Waals surface area contributed by atoms with Crippen LogP contribution in [0.3, 0.4) is 0 Å². The smallest absolute Gasteiger partial charge is 0.0438 e. The van der Waals surface area contributed by atoms with Crippen molar-refractivity contribution in [1.29, 1.82) is 0 Å². The minimum absolute atomic E-state index is 0.295. The van der Waals surface area contributed by atoms with Crippen molar-refractivity contribution in [1.82, 2.24) is 4.98 Å². The molecule has 1 aromatic rings. The van der Waals surface area contributed by atoms with Crippen LogP contribution in [-0.2, 0) is 5.75 Å². The predicted octanol–water partition coefficient (Wildman–Crippen LogP) is 1.70. The Labute approximate surface area is 77.0 Å². The van der Waals surface area contributed by atoms with Gasteiger partial charge in [0, 0.05) is 24.8 Å². The molecule has 0 saturated carbocycles. The minimum atomic E-state index is 0.295. The summed E-state index contributed by atoms with van der Waals surface area (Å²) >= 11 is 1.84. The van der Waals surface area contributed by atoms with E-state index in [-0.39, 0.29) is 0 Å². The fraction of sp³-hybridized carbons (Fsp3) is 0.444. The van der Waals surface area contributed by atoms with Crippen molar-refractivity contribution in [3.8, 4) is 0 Å². The van der Waals surface area contributed by atoms with E-state index in [1.54, 1.807) is 0 Å². The van der Waals surface area contributed by atoms with Crippen molar-refractivity contribution in [3.05, 3.63) is 30.1 Å². The van der Waals surface area contributed by atoms with Gasteiger partial charge in [0.15, 0.2) is 0 Å². The van der Waals surface area contributed by atoms with E-state index in [0.717, 1.165) is 17.9 Å². The second-order valence-corrected chi connectivity index (χ2v) is 3.59. The maximum Gasteiger partial charge on any atom is 0.0438 e. The number of hydrogen-bond donors (Lipinski definition) is 1. The number of aliphatic hydroxyl groups excluding tert-OH is 1. The van der Waals surface area contributed by atoms with E-state index < -0.39 is 0 Å². The largest absolute Gasteiger partial charge is 0.396 e. The van der Waals surface area contributed by atoms with Crippen LogP contribution in [0.5, 0.6) is 0 Å². The van der Waals surface area contributed by atoms with Crippen LogP contribution in [0, 0.1) is 0 Å². The van der Waals surface area contributed by atoms with E-state index in [4.69, 9.17) is 5.11 Å². The Balaban J connectivity index is 2.16. The molecular formula is C9H13NOS. The molecule has 0 radical (unpaired) electrons. The van der Waals surface area contributed by atoms with E-state index in [2.05, 4.69) is 4.98 Å². The number of pyridine rings is 1. The van der Waals surface area contributed by atoms with Gasteiger partial charge in [-0.25, -0.2) is 0 Å². The summed E-state index contributed by atoms with van der Waals surface area (Å²) in [5.74, 6) is 2.04. The number of rotatable bonds is 5. The first-order valence-electron chi connectivity index (χ1n) is 4.01. The van der Waals surface area contributed by atoms with Gasteiger partial charge in [0.25, 0.3) is 0 Å². The molecule has 0 aliphatic heterocycles. The summed E-state index contributed by atoms with van der Waals surface area (Å²) in [6.45, 7) is 0.295. The Morgan fingerprint density at radius 3 is 2.75 bits per heavy atom. The van der Waals surface area contributed by atoms with Gasteiger partial charge in [-0.3, -0.25) is 4.98 Å². The molecule has 12 heavy (non-hydrogen) atoms.